The second-order valence-electron chi connectivity index (χ2n) is 6.83. The van der Waals surface area contributed by atoms with Gasteiger partial charge in [-0.3, -0.25) is 19.4 Å². The minimum atomic E-state index is -0.913. The molecule has 8 heteroatoms. The van der Waals surface area contributed by atoms with E-state index in [2.05, 4.69) is 10.3 Å². The fourth-order valence-corrected chi connectivity index (χ4v) is 3.34. The quantitative estimate of drug-likeness (QED) is 0.762. The van der Waals surface area contributed by atoms with E-state index in [1.807, 2.05) is 49.4 Å². The molecule has 0 aromatic heterocycles. The van der Waals surface area contributed by atoms with Crippen LogP contribution < -0.4 is 9.80 Å². The molecule has 2 heterocycles. The monoisotopic (exact) mass is 377 g/mol. The summed E-state index contributed by atoms with van der Waals surface area (Å²) in [4.78, 5) is 40.9. The summed E-state index contributed by atoms with van der Waals surface area (Å²) in [6.45, 7) is 1.79. The van der Waals surface area contributed by atoms with Crippen molar-refractivity contribution in [1.82, 2.24) is 5.01 Å². The molecule has 8 nitrogen and oxygen atoms in total. The van der Waals surface area contributed by atoms with Gasteiger partial charge in [-0.2, -0.15) is 5.11 Å². The second-order valence-corrected chi connectivity index (χ2v) is 6.83. The topological polar surface area (TPSA) is 85.7 Å². The molecule has 2 aromatic carbocycles. The van der Waals surface area contributed by atoms with E-state index in [9.17, 15) is 14.4 Å². The number of nitrogens with zero attached hydrogens (tertiary/aromatic N) is 5. The lowest BCUT2D eigenvalue weighted by atomic mass is 10.1. The van der Waals surface area contributed by atoms with Crippen LogP contribution in [0.2, 0.25) is 0 Å². The summed E-state index contributed by atoms with van der Waals surface area (Å²) < 4.78 is 0. The van der Waals surface area contributed by atoms with Crippen molar-refractivity contribution in [2.45, 2.75) is 19.0 Å². The summed E-state index contributed by atoms with van der Waals surface area (Å²) in [5, 5.41) is 9.19. The van der Waals surface area contributed by atoms with Gasteiger partial charge in [-0.1, -0.05) is 41.1 Å². The Kier molecular flexibility index (Phi) is 4.38. The third-order valence-electron chi connectivity index (χ3n) is 4.96. The maximum atomic E-state index is 12.9. The fourth-order valence-electron chi connectivity index (χ4n) is 3.34. The van der Waals surface area contributed by atoms with Gasteiger partial charge in [-0.05, 0) is 31.2 Å². The van der Waals surface area contributed by atoms with E-state index >= 15 is 0 Å². The van der Waals surface area contributed by atoms with E-state index in [0.29, 0.717) is 5.69 Å². The van der Waals surface area contributed by atoms with Crippen molar-refractivity contribution in [3.05, 3.63) is 60.2 Å². The molecule has 28 heavy (non-hydrogen) atoms. The van der Waals surface area contributed by atoms with Gasteiger partial charge < -0.3 is 4.90 Å². The molecule has 2 aromatic rings. The maximum Gasteiger partial charge on any atom is 0.263 e. The Morgan fingerprint density at radius 3 is 2.39 bits per heavy atom. The van der Waals surface area contributed by atoms with Crippen LogP contribution >= 0.6 is 0 Å². The van der Waals surface area contributed by atoms with Crippen molar-refractivity contribution in [2.24, 2.45) is 10.3 Å². The highest BCUT2D eigenvalue weighted by atomic mass is 16.2. The first-order chi connectivity index (χ1) is 13.5. The lowest BCUT2D eigenvalue weighted by Gasteiger charge is -2.23. The number of benzene rings is 2. The van der Waals surface area contributed by atoms with Crippen LogP contribution in [0.15, 0.2) is 64.9 Å². The molecule has 0 N–H and O–H groups in total. The molecular formula is C20H19N5O3. The lowest BCUT2D eigenvalue weighted by molar-refractivity contribution is -0.124. The van der Waals surface area contributed by atoms with Crippen molar-refractivity contribution in [2.75, 3.05) is 23.4 Å². The summed E-state index contributed by atoms with van der Waals surface area (Å²) >= 11 is 0. The van der Waals surface area contributed by atoms with Gasteiger partial charge in [0.2, 0.25) is 5.91 Å². The van der Waals surface area contributed by atoms with Crippen LogP contribution in [0.4, 0.5) is 11.4 Å². The summed E-state index contributed by atoms with van der Waals surface area (Å²) in [5.41, 5.74) is 2.26. The fraction of sp³-hybridized carbons (Fsp3) is 0.250. The molecule has 0 saturated carbocycles. The van der Waals surface area contributed by atoms with Crippen molar-refractivity contribution in [1.29, 1.82) is 0 Å². The summed E-state index contributed by atoms with van der Waals surface area (Å²) in [5.74, 6) is -1.09. The first-order valence-electron chi connectivity index (χ1n) is 8.91. The number of likely N-dealkylation sites (N-methyl/N-ethyl adjacent to an activating group) is 1. The van der Waals surface area contributed by atoms with Gasteiger partial charge in [0.05, 0.1) is 5.69 Å². The Morgan fingerprint density at radius 2 is 1.71 bits per heavy atom. The zero-order valence-electron chi connectivity index (χ0n) is 15.5. The zero-order valence-corrected chi connectivity index (χ0v) is 15.5. The van der Waals surface area contributed by atoms with Gasteiger partial charge in [-0.15, -0.1) is 0 Å². The number of fused-ring (bicyclic) bond motifs is 1. The Morgan fingerprint density at radius 1 is 1.04 bits per heavy atom. The summed E-state index contributed by atoms with van der Waals surface area (Å²) in [6, 6.07) is 14.5. The largest absolute Gasteiger partial charge is 0.314 e. The molecule has 0 unspecified atom stereocenters. The summed E-state index contributed by atoms with van der Waals surface area (Å²) in [6.07, 6.45) is 0. The molecule has 0 radical (unpaired) electrons. The molecule has 0 spiro atoms. The van der Waals surface area contributed by atoms with Crippen LogP contribution in [0.25, 0.3) is 0 Å². The first kappa shape index (κ1) is 17.8. The molecule has 0 bridgehead atoms. The minimum absolute atomic E-state index is 0.142. The second kappa shape index (κ2) is 6.88. The van der Waals surface area contributed by atoms with Gasteiger partial charge in [0, 0.05) is 12.7 Å². The third kappa shape index (κ3) is 2.92. The number of anilines is 2. The van der Waals surface area contributed by atoms with Gasteiger partial charge in [0.25, 0.3) is 11.8 Å². The van der Waals surface area contributed by atoms with Crippen LogP contribution in [-0.2, 0) is 14.4 Å². The Labute approximate surface area is 162 Å². The highest BCUT2D eigenvalue weighted by Crippen LogP contribution is 2.32. The number of rotatable bonds is 4. The molecule has 4 rings (SSSR count). The van der Waals surface area contributed by atoms with Crippen LogP contribution in [0.1, 0.15) is 5.56 Å². The number of imide groups is 1. The third-order valence-corrected chi connectivity index (χ3v) is 4.96. The van der Waals surface area contributed by atoms with E-state index < -0.39 is 23.9 Å². The minimum Gasteiger partial charge on any atom is -0.314 e. The number of amides is 3. The highest BCUT2D eigenvalue weighted by Gasteiger charge is 2.55. The van der Waals surface area contributed by atoms with Crippen molar-refractivity contribution in [3.8, 4) is 0 Å². The summed E-state index contributed by atoms with van der Waals surface area (Å²) in [7, 11) is 1.66. The average molecular weight is 377 g/mol. The molecular weight excluding hydrogens is 358 g/mol. The number of para-hydroxylation sites is 1. The molecule has 142 valence electrons. The molecule has 3 amide bonds. The molecule has 2 atom stereocenters. The molecule has 1 saturated heterocycles. The van der Waals surface area contributed by atoms with Crippen LogP contribution in [0.3, 0.4) is 0 Å². The Hall–Kier alpha value is -3.55. The Bertz CT molecular complexity index is 958. The zero-order chi connectivity index (χ0) is 19.8. The molecule has 2 aliphatic rings. The van der Waals surface area contributed by atoms with Crippen molar-refractivity contribution < 1.29 is 14.4 Å². The number of aryl methyl sites for hydroxylation is 1. The van der Waals surface area contributed by atoms with E-state index in [0.717, 1.165) is 16.2 Å². The average Bonchev–Trinajstić information content (AvgIpc) is 3.23. The van der Waals surface area contributed by atoms with Crippen LogP contribution in [0.5, 0.6) is 0 Å². The molecule has 1 fully saturated rings. The number of carbonyl (C=O) groups excluding carboxylic acids is 3. The van der Waals surface area contributed by atoms with Crippen LogP contribution in [0, 0.1) is 6.92 Å². The standard InChI is InChI=1S/C20H19N5O3/c1-13-8-10-15(11-9-13)25-19(27)17-18(20(25)28)24(22-21-17)12-16(26)23(2)14-6-4-3-5-7-14/h3-11,17-18H,12H2,1-2H3/t17-,18-/m1/s1. The van der Waals surface area contributed by atoms with E-state index in [4.69, 9.17) is 0 Å². The van der Waals surface area contributed by atoms with Crippen molar-refractivity contribution >= 4 is 29.1 Å². The predicted octanol–water partition coefficient (Wildman–Crippen LogP) is 1.95. The highest BCUT2D eigenvalue weighted by molar-refractivity contribution is 6.25. The first-order valence-corrected chi connectivity index (χ1v) is 8.91. The SMILES string of the molecule is Cc1ccc(N2C(=O)[C@@H]3N=NN(CC(=O)N(C)c4ccccc4)[C@H]3C2=O)cc1. The van der Waals surface area contributed by atoms with Crippen LogP contribution in [-0.4, -0.2) is 48.4 Å². The van der Waals surface area contributed by atoms with E-state index in [1.165, 1.54) is 9.91 Å². The van der Waals surface area contributed by atoms with Gasteiger partial charge in [-0.25, -0.2) is 4.90 Å². The molecule has 2 aliphatic heterocycles. The smallest absolute Gasteiger partial charge is 0.263 e. The normalized spacial score (nSPS) is 20.6. The van der Waals surface area contributed by atoms with E-state index in [1.54, 1.807) is 19.2 Å². The number of carbonyl (C=O) groups is 3. The van der Waals surface area contributed by atoms with Gasteiger partial charge in [0.1, 0.15) is 6.54 Å². The lowest BCUT2D eigenvalue weighted by Crippen LogP contribution is -2.45. The van der Waals surface area contributed by atoms with Gasteiger partial charge >= 0.3 is 0 Å². The number of hydrogen-bond acceptors (Lipinski definition) is 6. The Balaban J connectivity index is 1.52. The van der Waals surface area contributed by atoms with Gasteiger partial charge in [0.15, 0.2) is 12.1 Å². The van der Waals surface area contributed by atoms with E-state index in [-0.39, 0.29) is 12.5 Å². The molecule has 0 aliphatic carbocycles. The maximum absolute atomic E-state index is 12.9. The number of hydrogen-bond donors (Lipinski definition) is 0. The van der Waals surface area contributed by atoms with Crippen molar-refractivity contribution in [3.63, 3.8) is 0 Å². The predicted molar refractivity (Wildman–Crippen MR) is 103 cm³/mol.